The van der Waals surface area contributed by atoms with E-state index in [1.807, 2.05) is 0 Å². The van der Waals surface area contributed by atoms with E-state index in [0.29, 0.717) is 35.3 Å². The van der Waals surface area contributed by atoms with Crippen LogP contribution in [-0.2, 0) is 4.74 Å². The Morgan fingerprint density at radius 2 is 2.16 bits per heavy atom. The van der Waals surface area contributed by atoms with Crippen LogP contribution in [0.1, 0.15) is 20.8 Å². The standard InChI is InChI=1S/C16H17N3O5S/c1-19(5-6-22-2)15(21)11-8-25-16(17-11)18-14(20)10-3-4-12-13(7-10)24-9-23-12/h3-4,7-8H,5-6,9H2,1-2H3,(H,17,18,20). The molecular formula is C16H17N3O5S. The van der Waals surface area contributed by atoms with Crippen LogP contribution in [0.4, 0.5) is 5.13 Å². The largest absolute Gasteiger partial charge is 0.454 e. The van der Waals surface area contributed by atoms with E-state index in [1.54, 1.807) is 37.7 Å². The van der Waals surface area contributed by atoms with E-state index in [0.717, 1.165) is 0 Å². The molecule has 0 bridgehead atoms. The molecule has 0 atom stereocenters. The summed E-state index contributed by atoms with van der Waals surface area (Å²) in [4.78, 5) is 30.2. The molecule has 1 aliphatic rings. The fourth-order valence-electron chi connectivity index (χ4n) is 2.16. The highest BCUT2D eigenvalue weighted by Gasteiger charge is 2.19. The zero-order valence-electron chi connectivity index (χ0n) is 13.8. The predicted molar refractivity (Wildman–Crippen MR) is 91.5 cm³/mol. The SMILES string of the molecule is COCCN(C)C(=O)c1csc(NC(=O)c2ccc3c(c2)OCO3)n1. The highest BCUT2D eigenvalue weighted by Crippen LogP contribution is 2.32. The summed E-state index contributed by atoms with van der Waals surface area (Å²) in [6.07, 6.45) is 0. The van der Waals surface area contributed by atoms with E-state index >= 15 is 0 Å². The molecule has 25 heavy (non-hydrogen) atoms. The maximum absolute atomic E-state index is 12.3. The van der Waals surface area contributed by atoms with Crippen molar-refractivity contribution in [3.63, 3.8) is 0 Å². The number of methoxy groups -OCH3 is 1. The third-order valence-corrected chi connectivity index (χ3v) is 4.31. The number of amides is 2. The summed E-state index contributed by atoms with van der Waals surface area (Å²) in [5.41, 5.74) is 0.703. The maximum atomic E-state index is 12.3. The van der Waals surface area contributed by atoms with E-state index in [-0.39, 0.29) is 24.3 Å². The summed E-state index contributed by atoms with van der Waals surface area (Å²) in [5.74, 6) is 0.580. The lowest BCUT2D eigenvalue weighted by Crippen LogP contribution is -2.30. The number of likely N-dealkylation sites (N-methyl/N-ethyl adjacent to an activating group) is 1. The summed E-state index contributed by atoms with van der Waals surface area (Å²) in [6, 6.07) is 4.93. The van der Waals surface area contributed by atoms with Gasteiger partial charge in [0.05, 0.1) is 6.61 Å². The van der Waals surface area contributed by atoms with Gasteiger partial charge in [0.2, 0.25) is 6.79 Å². The van der Waals surface area contributed by atoms with Crippen molar-refractivity contribution in [1.82, 2.24) is 9.88 Å². The van der Waals surface area contributed by atoms with Gasteiger partial charge in [-0.2, -0.15) is 0 Å². The topological polar surface area (TPSA) is 90.0 Å². The number of anilines is 1. The van der Waals surface area contributed by atoms with Gasteiger partial charge in [0.25, 0.3) is 11.8 Å². The van der Waals surface area contributed by atoms with E-state index in [4.69, 9.17) is 14.2 Å². The first-order valence-corrected chi connectivity index (χ1v) is 8.37. The van der Waals surface area contributed by atoms with Crippen LogP contribution in [0, 0.1) is 0 Å². The van der Waals surface area contributed by atoms with Crippen molar-refractivity contribution in [2.45, 2.75) is 0 Å². The van der Waals surface area contributed by atoms with Gasteiger partial charge in [-0.3, -0.25) is 14.9 Å². The second kappa shape index (κ2) is 7.49. The van der Waals surface area contributed by atoms with Gasteiger partial charge in [0.15, 0.2) is 16.6 Å². The van der Waals surface area contributed by atoms with Gasteiger partial charge in [0, 0.05) is 31.6 Å². The molecule has 0 radical (unpaired) electrons. The highest BCUT2D eigenvalue weighted by molar-refractivity contribution is 7.14. The van der Waals surface area contributed by atoms with Gasteiger partial charge in [-0.05, 0) is 18.2 Å². The number of benzene rings is 1. The molecule has 2 heterocycles. The molecule has 1 aliphatic heterocycles. The van der Waals surface area contributed by atoms with Gasteiger partial charge in [-0.15, -0.1) is 11.3 Å². The summed E-state index contributed by atoms with van der Waals surface area (Å²) < 4.78 is 15.4. The second-order valence-corrected chi connectivity index (χ2v) is 6.14. The molecule has 132 valence electrons. The zero-order valence-corrected chi connectivity index (χ0v) is 14.6. The minimum absolute atomic E-state index is 0.148. The molecule has 9 heteroatoms. The van der Waals surface area contributed by atoms with E-state index in [1.165, 1.54) is 16.2 Å². The Morgan fingerprint density at radius 3 is 2.96 bits per heavy atom. The molecule has 0 unspecified atom stereocenters. The van der Waals surface area contributed by atoms with Crippen LogP contribution in [-0.4, -0.2) is 55.8 Å². The quantitative estimate of drug-likeness (QED) is 0.842. The fraction of sp³-hybridized carbons (Fsp3) is 0.312. The van der Waals surface area contributed by atoms with Gasteiger partial charge < -0.3 is 19.1 Å². The van der Waals surface area contributed by atoms with Crippen molar-refractivity contribution >= 4 is 28.3 Å². The van der Waals surface area contributed by atoms with E-state index in [9.17, 15) is 9.59 Å². The average molecular weight is 363 g/mol. The van der Waals surface area contributed by atoms with E-state index in [2.05, 4.69) is 10.3 Å². The molecule has 8 nitrogen and oxygen atoms in total. The zero-order chi connectivity index (χ0) is 17.8. The van der Waals surface area contributed by atoms with Gasteiger partial charge in [-0.25, -0.2) is 4.98 Å². The predicted octanol–water partition coefficient (Wildman–Crippen LogP) is 1.84. The lowest BCUT2D eigenvalue weighted by Gasteiger charge is -2.14. The Morgan fingerprint density at radius 1 is 1.36 bits per heavy atom. The number of nitrogens with zero attached hydrogens (tertiary/aromatic N) is 2. The summed E-state index contributed by atoms with van der Waals surface area (Å²) >= 11 is 1.19. The van der Waals surface area contributed by atoms with Crippen LogP contribution in [0.15, 0.2) is 23.6 Å². The summed E-state index contributed by atoms with van der Waals surface area (Å²) in [7, 11) is 3.25. The number of hydrogen-bond acceptors (Lipinski definition) is 7. The molecular weight excluding hydrogens is 346 g/mol. The van der Waals surface area contributed by atoms with Gasteiger partial charge in [-0.1, -0.05) is 0 Å². The number of nitrogens with one attached hydrogen (secondary N) is 1. The molecule has 0 aliphatic carbocycles. The van der Waals surface area contributed by atoms with Crippen molar-refractivity contribution in [3.05, 3.63) is 34.8 Å². The molecule has 0 spiro atoms. The number of thiazole rings is 1. The minimum Gasteiger partial charge on any atom is -0.454 e. The number of hydrogen-bond donors (Lipinski definition) is 1. The Hall–Kier alpha value is -2.65. The molecule has 0 saturated carbocycles. The minimum atomic E-state index is -0.334. The van der Waals surface area contributed by atoms with Crippen LogP contribution in [0.25, 0.3) is 0 Å². The van der Waals surface area contributed by atoms with Crippen LogP contribution >= 0.6 is 11.3 Å². The Labute approximate surface area is 148 Å². The number of aromatic nitrogens is 1. The molecule has 1 aromatic heterocycles. The Bertz CT molecular complexity index is 792. The first kappa shape index (κ1) is 17.2. The second-order valence-electron chi connectivity index (χ2n) is 5.28. The highest BCUT2D eigenvalue weighted by atomic mass is 32.1. The molecule has 1 aromatic carbocycles. The molecule has 3 rings (SSSR count). The summed E-state index contributed by atoms with van der Waals surface area (Å²) in [5, 5.41) is 4.65. The normalized spacial score (nSPS) is 12.1. The number of ether oxygens (including phenoxy) is 3. The average Bonchev–Trinajstić information content (AvgIpc) is 3.27. The Kier molecular flexibility index (Phi) is 5.15. The third-order valence-electron chi connectivity index (χ3n) is 3.56. The van der Waals surface area contributed by atoms with Crippen molar-refractivity contribution in [1.29, 1.82) is 0 Å². The number of rotatable bonds is 6. The van der Waals surface area contributed by atoms with Crippen molar-refractivity contribution < 1.29 is 23.8 Å². The smallest absolute Gasteiger partial charge is 0.273 e. The lowest BCUT2D eigenvalue weighted by molar-refractivity contribution is 0.0739. The monoisotopic (exact) mass is 363 g/mol. The molecule has 1 N–H and O–H groups in total. The first-order chi connectivity index (χ1) is 12.1. The molecule has 2 aromatic rings. The number of carbonyl (C=O) groups is 2. The maximum Gasteiger partial charge on any atom is 0.273 e. The van der Waals surface area contributed by atoms with Crippen molar-refractivity contribution in [2.75, 3.05) is 39.4 Å². The molecule has 0 saturated heterocycles. The van der Waals surface area contributed by atoms with Crippen LogP contribution in [0.5, 0.6) is 11.5 Å². The molecule has 0 fully saturated rings. The van der Waals surface area contributed by atoms with Crippen molar-refractivity contribution in [2.24, 2.45) is 0 Å². The van der Waals surface area contributed by atoms with Crippen LogP contribution in [0.3, 0.4) is 0 Å². The third kappa shape index (κ3) is 3.89. The molecule has 2 amide bonds. The van der Waals surface area contributed by atoms with Gasteiger partial charge >= 0.3 is 0 Å². The van der Waals surface area contributed by atoms with Gasteiger partial charge in [0.1, 0.15) is 5.69 Å². The van der Waals surface area contributed by atoms with Crippen LogP contribution < -0.4 is 14.8 Å². The van der Waals surface area contributed by atoms with Crippen LogP contribution in [0.2, 0.25) is 0 Å². The number of carbonyl (C=O) groups excluding carboxylic acids is 2. The fourth-order valence-corrected chi connectivity index (χ4v) is 2.84. The number of fused-ring (bicyclic) bond motifs is 1. The Balaban J connectivity index is 1.65. The van der Waals surface area contributed by atoms with Crippen molar-refractivity contribution in [3.8, 4) is 11.5 Å². The lowest BCUT2D eigenvalue weighted by atomic mass is 10.2. The summed E-state index contributed by atoms with van der Waals surface area (Å²) in [6.45, 7) is 1.06. The van der Waals surface area contributed by atoms with E-state index < -0.39 is 0 Å². The first-order valence-electron chi connectivity index (χ1n) is 7.49.